The summed E-state index contributed by atoms with van der Waals surface area (Å²) in [6.07, 6.45) is 21.5. The molecule has 0 aromatic carbocycles. The quantitative estimate of drug-likeness (QED) is 0.164. The van der Waals surface area contributed by atoms with Crippen LogP contribution in [0.3, 0.4) is 0 Å². The number of hydrogen-bond donors (Lipinski definition) is 3. The zero-order chi connectivity index (χ0) is 18.8. The van der Waals surface area contributed by atoms with Crippen molar-refractivity contribution in [3.63, 3.8) is 0 Å². The molecule has 0 aromatic heterocycles. The Kier molecular flexibility index (Phi) is 17.1. The van der Waals surface area contributed by atoms with E-state index < -0.39 is 15.2 Å². The molecule has 0 aliphatic rings. The molecule has 0 heterocycles. The van der Waals surface area contributed by atoms with E-state index in [9.17, 15) is 0 Å². The molecule has 0 amide bonds. The minimum atomic E-state index is -4.42. The molecule has 0 spiro atoms. The standard InChI is InChI=1S/C20H42O4Si/c1-3-5-6-7-8-9-10-11-12-13-14-15-16-17-18-19-20(4-2)24-25(21,22)23/h4,20-23H,2-3,5-19H2,1H3. The van der Waals surface area contributed by atoms with Gasteiger partial charge in [0, 0.05) is 0 Å². The highest BCUT2D eigenvalue weighted by Gasteiger charge is 2.33. The Morgan fingerprint density at radius 3 is 1.40 bits per heavy atom. The van der Waals surface area contributed by atoms with Gasteiger partial charge in [-0.05, 0) is 6.42 Å². The summed E-state index contributed by atoms with van der Waals surface area (Å²) < 4.78 is 4.79. The van der Waals surface area contributed by atoms with Gasteiger partial charge in [-0.1, -0.05) is 109 Å². The lowest BCUT2D eigenvalue weighted by Gasteiger charge is -2.17. The average Bonchev–Trinajstić information content (AvgIpc) is 2.56. The van der Waals surface area contributed by atoms with Crippen molar-refractivity contribution < 1.29 is 18.8 Å². The van der Waals surface area contributed by atoms with Crippen LogP contribution in [0.25, 0.3) is 0 Å². The van der Waals surface area contributed by atoms with Crippen molar-refractivity contribution >= 4 is 9.05 Å². The van der Waals surface area contributed by atoms with Crippen LogP contribution < -0.4 is 0 Å². The molecule has 3 N–H and O–H groups in total. The van der Waals surface area contributed by atoms with E-state index in [1.165, 1.54) is 89.5 Å². The van der Waals surface area contributed by atoms with Crippen molar-refractivity contribution in [2.75, 3.05) is 0 Å². The molecule has 0 radical (unpaired) electrons. The van der Waals surface area contributed by atoms with E-state index in [1.807, 2.05) is 0 Å². The third-order valence-corrected chi connectivity index (χ3v) is 5.28. The largest absolute Gasteiger partial charge is 0.671 e. The first kappa shape index (κ1) is 24.8. The van der Waals surface area contributed by atoms with E-state index in [1.54, 1.807) is 0 Å². The molecule has 1 unspecified atom stereocenters. The van der Waals surface area contributed by atoms with Crippen molar-refractivity contribution in [2.24, 2.45) is 0 Å². The van der Waals surface area contributed by atoms with E-state index in [0.29, 0.717) is 6.42 Å². The molecule has 150 valence electrons. The summed E-state index contributed by atoms with van der Waals surface area (Å²) in [5, 5.41) is 0. The second kappa shape index (κ2) is 17.2. The van der Waals surface area contributed by atoms with Gasteiger partial charge in [0.1, 0.15) is 0 Å². The fourth-order valence-corrected chi connectivity index (χ4v) is 3.77. The van der Waals surface area contributed by atoms with Crippen LogP contribution in [-0.2, 0) is 4.43 Å². The molecule has 0 bridgehead atoms. The third kappa shape index (κ3) is 20.0. The molecule has 0 aliphatic heterocycles. The molecule has 25 heavy (non-hydrogen) atoms. The van der Waals surface area contributed by atoms with Crippen LogP contribution in [-0.4, -0.2) is 29.5 Å². The molecule has 0 rings (SSSR count). The summed E-state index contributed by atoms with van der Waals surface area (Å²) in [5.41, 5.74) is 0. The van der Waals surface area contributed by atoms with Crippen LogP contribution in [0.4, 0.5) is 0 Å². The molecule has 0 fully saturated rings. The summed E-state index contributed by atoms with van der Waals surface area (Å²) in [6, 6.07) is 0. The molecule has 5 heteroatoms. The van der Waals surface area contributed by atoms with Crippen molar-refractivity contribution in [3.8, 4) is 0 Å². The van der Waals surface area contributed by atoms with Crippen molar-refractivity contribution in [2.45, 2.75) is 116 Å². The van der Waals surface area contributed by atoms with Crippen LogP contribution in [0, 0.1) is 0 Å². The first-order valence-electron chi connectivity index (χ1n) is 10.5. The predicted molar refractivity (Wildman–Crippen MR) is 107 cm³/mol. The summed E-state index contributed by atoms with van der Waals surface area (Å²) in [7, 11) is -4.42. The maximum atomic E-state index is 8.92. The fraction of sp³-hybridized carbons (Fsp3) is 0.900. The Morgan fingerprint density at radius 1 is 0.720 bits per heavy atom. The van der Waals surface area contributed by atoms with Gasteiger partial charge in [0.25, 0.3) is 0 Å². The SMILES string of the molecule is C=CC(CCCCCCCCCCCCCCCCC)O[Si](O)(O)O. The molecular weight excluding hydrogens is 332 g/mol. The van der Waals surface area contributed by atoms with Gasteiger partial charge in [-0.2, -0.15) is 0 Å². The van der Waals surface area contributed by atoms with Crippen LogP contribution in [0.15, 0.2) is 12.7 Å². The average molecular weight is 375 g/mol. The maximum Gasteiger partial charge on any atom is 0.671 e. The minimum Gasteiger partial charge on any atom is -0.368 e. The summed E-state index contributed by atoms with van der Waals surface area (Å²) in [5.74, 6) is 0. The lowest BCUT2D eigenvalue weighted by molar-refractivity contribution is 0.0364. The van der Waals surface area contributed by atoms with Crippen molar-refractivity contribution in [1.29, 1.82) is 0 Å². The first-order chi connectivity index (χ1) is 12.0. The van der Waals surface area contributed by atoms with E-state index in [2.05, 4.69) is 13.5 Å². The molecule has 0 saturated heterocycles. The van der Waals surface area contributed by atoms with Gasteiger partial charge < -0.3 is 18.8 Å². The van der Waals surface area contributed by atoms with Crippen molar-refractivity contribution in [3.05, 3.63) is 12.7 Å². The molecule has 0 saturated carbocycles. The van der Waals surface area contributed by atoms with E-state index in [-0.39, 0.29) is 0 Å². The Bertz CT molecular complexity index is 292. The zero-order valence-corrected chi connectivity index (χ0v) is 17.4. The molecule has 0 aromatic rings. The van der Waals surface area contributed by atoms with Crippen LogP contribution in [0.5, 0.6) is 0 Å². The number of rotatable bonds is 19. The number of unbranched alkanes of at least 4 members (excludes halogenated alkanes) is 14. The normalized spacial score (nSPS) is 13.1. The molecular formula is C20H42O4Si. The Hall–Kier alpha value is -0.203. The van der Waals surface area contributed by atoms with Gasteiger partial charge in [0.05, 0.1) is 6.10 Å². The van der Waals surface area contributed by atoms with Crippen LogP contribution in [0.1, 0.15) is 110 Å². The molecule has 4 nitrogen and oxygen atoms in total. The van der Waals surface area contributed by atoms with E-state index in [4.69, 9.17) is 18.8 Å². The second-order valence-electron chi connectivity index (χ2n) is 7.20. The van der Waals surface area contributed by atoms with Gasteiger partial charge >= 0.3 is 9.05 Å². The number of hydrogen-bond acceptors (Lipinski definition) is 4. The fourth-order valence-electron chi connectivity index (χ4n) is 3.14. The Labute approximate surface area is 156 Å². The maximum absolute atomic E-state index is 8.92. The smallest absolute Gasteiger partial charge is 0.368 e. The highest BCUT2D eigenvalue weighted by molar-refractivity contribution is 6.48. The Morgan fingerprint density at radius 2 is 1.08 bits per heavy atom. The topological polar surface area (TPSA) is 69.9 Å². The van der Waals surface area contributed by atoms with Crippen LogP contribution in [0.2, 0.25) is 0 Å². The third-order valence-electron chi connectivity index (χ3n) is 4.66. The summed E-state index contributed by atoms with van der Waals surface area (Å²) >= 11 is 0. The Balaban J connectivity index is 3.24. The van der Waals surface area contributed by atoms with Gasteiger partial charge in [-0.25, -0.2) is 0 Å². The highest BCUT2D eigenvalue weighted by atomic mass is 28.4. The van der Waals surface area contributed by atoms with E-state index in [0.717, 1.165) is 12.8 Å². The zero-order valence-electron chi connectivity index (χ0n) is 16.4. The van der Waals surface area contributed by atoms with Gasteiger partial charge in [0.15, 0.2) is 0 Å². The lowest BCUT2D eigenvalue weighted by atomic mass is 10.0. The van der Waals surface area contributed by atoms with Crippen molar-refractivity contribution in [1.82, 2.24) is 0 Å². The summed E-state index contributed by atoms with van der Waals surface area (Å²) in [4.78, 5) is 26.8. The lowest BCUT2D eigenvalue weighted by Crippen LogP contribution is -2.42. The van der Waals surface area contributed by atoms with Gasteiger partial charge in [-0.15, -0.1) is 6.58 Å². The molecule has 1 atom stereocenters. The van der Waals surface area contributed by atoms with Crippen LogP contribution >= 0.6 is 0 Å². The summed E-state index contributed by atoms with van der Waals surface area (Å²) in [6.45, 7) is 5.86. The minimum absolute atomic E-state index is 0.464. The molecule has 0 aliphatic carbocycles. The van der Waals surface area contributed by atoms with Gasteiger partial charge in [0.2, 0.25) is 0 Å². The highest BCUT2D eigenvalue weighted by Crippen LogP contribution is 2.15. The second-order valence-corrected chi connectivity index (χ2v) is 8.59. The van der Waals surface area contributed by atoms with Gasteiger partial charge in [-0.3, -0.25) is 0 Å². The van der Waals surface area contributed by atoms with E-state index >= 15 is 0 Å². The predicted octanol–water partition coefficient (Wildman–Crippen LogP) is 5.23. The first-order valence-corrected chi connectivity index (χ1v) is 12.2. The monoisotopic (exact) mass is 374 g/mol.